The summed E-state index contributed by atoms with van der Waals surface area (Å²) in [5, 5.41) is 3.06. The number of hydrogen-bond donors (Lipinski definition) is 1. The van der Waals surface area contributed by atoms with E-state index in [4.69, 9.17) is 4.74 Å². The second kappa shape index (κ2) is 7.92. The van der Waals surface area contributed by atoms with E-state index in [2.05, 4.69) is 27.3 Å². The average Bonchev–Trinajstić information content (AvgIpc) is 2.41. The Hall–Kier alpha value is -0.520. The molecule has 0 fully saturated rings. The van der Waals surface area contributed by atoms with Crippen molar-refractivity contribution in [3.05, 3.63) is 28.7 Å². The van der Waals surface area contributed by atoms with Crippen molar-refractivity contribution in [3.8, 4) is 0 Å². The molecule has 0 saturated heterocycles. The van der Waals surface area contributed by atoms with Crippen molar-refractivity contribution in [1.29, 1.82) is 0 Å². The Morgan fingerprint density at radius 2 is 2.16 bits per heavy atom. The van der Waals surface area contributed by atoms with E-state index >= 15 is 0 Å². The van der Waals surface area contributed by atoms with Crippen LogP contribution in [0.25, 0.3) is 0 Å². The largest absolute Gasteiger partial charge is 0.465 e. The molecule has 1 rings (SSSR count). The Labute approximate surface area is 127 Å². The van der Waals surface area contributed by atoms with Gasteiger partial charge in [0, 0.05) is 15.1 Å². The summed E-state index contributed by atoms with van der Waals surface area (Å²) >= 11 is 5.25. The van der Waals surface area contributed by atoms with Crippen LogP contribution in [0.3, 0.4) is 0 Å². The number of benzene rings is 1. The molecule has 1 aromatic carbocycles. The third-order valence-corrected chi connectivity index (χ3v) is 5.00. The van der Waals surface area contributed by atoms with Crippen molar-refractivity contribution >= 4 is 33.7 Å². The summed E-state index contributed by atoms with van der Waals surface area (Å²) < 4.78 is 6.19. The van der Waals surface area contributed by atoms with Gasteiger partial charge in [0.25, 0.3) is 0 Å². The second-order valence-electron chi connectivity index (χ2n) is 4.33. The Morgan fingerprint density at radius 1 is 1.47 bits per heavy atom. The molecule has 0 aromatic heterocycles. The Morgan fingerprint density at radius 3 is 2.74 bits per heavy atom. The van der Waals surface area contributed by atoms with Crippen LogP contribution in [-0.4, -0.2) is 30.9 Å². The van der Waals surface area contributed by atoms with Gasteiger partial charge in [-0.3, -0.25) is 4.79 Å². The predicted molar refractivity (Wildman–Crippen MR) is 83.6 cm³/mol. The van der Waals surface area contributed by atoms with E-state index in [-0.39, 0.29) is 5.97 Å². The van der Waals surface area contributed by atoms with Crippen molar-refractivity contribution in [1.82, 2.24) is 5.32 Å². The monoisotopic (exact) mass is 345 g/mol. The van der Waals surface area contributed by atoms with Gasteiger partial charge in [-0.25, -0.2) is 0 Å². The van der Waals surface area contributed by atoms with Crippen molar-refractivity contribution in [2.24, 2.45) is 0 Å². The highest BCUT2D eigenvalue weighted by Crippen LogP contribution is 2.29. The van der Waals surface area contributed by atoms with Crippen LogP contribution in [0.4, 0.5) is 0 Å². The number of carbonyl (C=O) groups excluding carboxylic acids is 1. The van der Waals surface area contributed by atoms with Gasteiger partial charge in [-0.15, -0.1) is 11.8 Å². The van der Waals surface area contributed by atoms with Gasteiger partial charge in [0.2, 0.25) is 0 Å². The summed E-state index contributed by atoms with van der Waals surface area (Å²) in [6, 6.07) is 8.08. The first kappa shape index (κ1) is 16.5. The smallest absolute Gasteiger partial charge is 0.326 e. The van der Waals surface area contributed by atoms with E-state index in [0.29, 0.717) is 13.0 Å². The Bertz CT molecular complexity index is 428. The van der Waals surface area contributed by atoms with Crippen LogP contribution >= 0.6 is 27.7 Å². The van der Waals surface area contributed by atoms with Gasteiger partial charge in [-0.1, -0.05) is 12.1 Å². The summed E-state index contributed by atoms with van der Waals surface area (Å²) in [5.41, 5.74) is -0.621. The lowest BCUT2D eigenvalue weighted by molar-refractivity contribution is -0.150. The van der Waals surface area contributed by atoms with Crippen molar-refractivity contribution in [3.63, 3.8) is 0 Å². The van der Waals surface area contributed by atoms with E-state index < -0.39 is 5.54 Å². The summed E-state index contributed by atoms with van der Waals surface area (Å²) in [4.78, 5) is 13.1. The summed E-state index contributed by atoms with van der Waals surface area (Å²) in [6.45, 7) is 4.11. The number of ether oxygens (including phenoxy) is 1. The van der Waals surface area contributed by atoms with Gasteiger partial charge >= 0.3 is 5.97 Å². The average molecular weight is 346 g/mol. The number of carbonyl (C=O) groups is 1. The summed E-state index contributed by atoms with van der Waals surface area (Å²) in [5.74, 6) is 0.656. The van der Waals surface area contributed by atoms with Gasteiger partial charge in [0.1, 0.15) is 5.54 Å². The molecule has 3 nitrogen and oxygen atoms in total. The number of rotatable bonds is 7. The normalized spacial score (nSPS) is 13.9. The number of nitrogens with one attached hydrogen (secondary N) is 1. The standard InChI is InChI=1S/C14H20BrNO2S/c1-4-18-13(17)14(2,16-3)9-10-19-12-8-6-5-7-11(12)15/h5-8,16H,4,9-10H2,1-3H3. The predicted octanol–water partition coefficient (Wildman–Crippen LogP) is 3.47. The molecular formula is C14H20BrNO2S. The quantitative estimate of drug-likeness (QED) is 0.606. The van der Waals surface area contributed by atoms with Gasteiger partial charge < -0.3 is 10.1 Å². The van der Waals surface area contributed by atoms with E-state index in [0.717, 1.165) is 10.2 Å². The third kappa shape index (κ3) is 4.82. The molecule has 1 unspecified atom stereocenters. The highest BCUT2D eigenvalue weighted by molar-refractivity contribution is 9.10. The number of likely N-dealkylation sites (N-methyl/N-ethyl adjacent to an activating group) is 1. The first-order chi connectivity index (χ1) is 9.03. The molecule has 0 radical (unpaired) electrons. The van der Waals surface area contributed by atoms with Crippen molar-refractivity contribution in [2.75, 3.05) is 19.4 Å². The molecule has 0 amide bonds. The minimum absolute atomic E-state index is 0.190. The van der Waals surface area contributed by atoms with E-state index in [1.165, 1.54) is 4.90 Å². The van der Waals surface area contributed by atoms with Crippen LogP contribution in [0.15, 0.2) is 33.6 Å². The number of hydrogen-bond acceptors (Lipinski definition) is 4. The van der Waals surface area contributed by atoms with Crippen LogP contribution in [0.5, 0.6) is 0 Å². The highest BCUT2D eigenvalue weighted by atomic mass is 79.9. The topological polar surface area (TPSA) is 38.3 Å². The molecule has 1 atom stereocenters. The van der Waals surface area contributed by atoms with Crippen LogP contribution in [0.2, 0.25) is 0 Å². The first-order valence-electron chi connectivity index (χ1n) is 6.27. The van der Waals surface area contributed by atoms with Gasteiger partial charge in [0.05, 0.1) is 6.61 Å². The molecule has 0 aliphatic carbocycles. The van der Waals surface area contributed by atoms with Crippen LogP contribution in [0, 0.1) is 0 Å². The van der Waals surface area contributed by atoms with Crippen molar-refractivity contribution < 1.29 is 9.53 Å². The zero-order valence-corrected chi connectivity index (χ0v) is 13.9. The molecule has 0 heterocycles. The molecular weight excluding hydrogens is 326 g/mol. The number of esters is 1. The lowest BCUT2D eigenvalue weighted by atomic mass is 10.00. The maximum Gasteiger partial charge on any atom is 0.326 e. The van der Waals surface area contributed by atoms with Gasteiger partial charge in [0.15, 0.2) is 0 Å². The van der Waals surface area contributed by atoms with Gasteiger partial charge in [-0.05, 0) is 55.4 Å². The summed E-state index contributed by atoms with van der Waals surface area (Å²) in [7, 11) is 1.79. The number of thioether (sulfide) groups is 1. The maximum atomic E-state index is 11.9. The zero-order valence-electron chi connectivity index (χ0n) is 11.5. The lowest BCUT2D eigenvalue weighted by Crippen LogP contribution is -2.49. The maximum absolute atomic E-state index is 11.9. The fraction of sp³-hybridized carbons (Fsp3) is 0.500. The van der Waals surface area contributed by atoms with E-state index in [1.54, 1.807) is 18.8 Å². The first-order valence-corrected chi connectivity index (χ1v) is 8.05. The molecule has 0 bridgehead atoms. The van der Waals surface area contributed by atoms with E-state index in [9.17, 15) is 4.79 Å². The molecule has 0 aliphatic rings. The van der Waals surface area contributed by atoms with Crippen molar-refractivity contribution in [2.45, 2.75) is 30.7 Å². The molecule has 5 heteroatoms. The Balaban J connectivity index is 2.55. The van der Waals surface area contributed by atoms with Crippen LogP contribution in [-0.2, 0) is 9.53 Å². The highest BCUT2D eigenvalue weighted by Gasteiger charge is 2.32. The van der Waals surface area contributed by atoms with E-state index in [1.807, 2.05) is 32.0 Å². The summed E-state index contributed by atoms with van der Waals surface area (Å²) in [6.07, 6.45) is 0.717. The third-order valence-electron chi connectivity index (χ3n) is 2.97. The fourth-order valence-corrected chi connectivity index (χ4v) is 3.29. The molecule has 1 N–H and O–H groups in total. The molecule has 0 aliphatic heterocycles. The van der Waals surface area contributed by atoms with Crippen LogP contribution in [0.1, 0.15) is 20.3 Å². The lowest BCUT2D eigenvalue weighted by Gasteiger charge is -2.26. The minimum atomic E-state index is -0.621. The number of halogens is 1. The SMILES string of the molecule is CCOC(=O)C(C)(CCSc1ccccc1Br)NC. The molecule has 19 heavy (non-hydrogen) atoms. The molecule has 106 valence electrons. The van der Waals surface area contributed by atoms with Gasteiger partial charge in [-0.2, -0.15) is 0 Å². The zero-order chi connectivity index (χ0) is 14.3. The Kier molecular flexibility index (Phi) is 6.89. The molecule has 0 saturated carbocycles. The molecule has 1 aromatic rings. The van der Waals surface area contributed by atoms with Crippen LogP contribution < -0.4 is 5.32 Å². The fourth-order valence-electron chi connectivity index (χ4n) is 1.55. The minimum Gasteiger partial charge on any atom is -0.465 e. The second-order valence-corrected chi connectivity index (χ2v) is 6.32. The molecule has 0 spiro atoms.